The van der Waals surface area contributed by atoms with Crippen molar-refractivity contribution in [3.63, 3.8) is 0 Å². The lowest BCUT2D eigenvalue weighted by atomic mass is 9.63. The van der Waals surface area contributed by atoms with Crippen LogP contribution in [0.3, 0.4) is 0 Å². The summed E-state index contributed by atoms with van der Waals surface area (Å²) in [5.41, 5.74) is 1.41. The summed E-state index contributed by atoms with van der Waals surface area (Å²) in [5.74, 6) is 0.0756. The third-order valence-corrected chi connectivity index (χ3v) is 8.19. The van der Waals surface area contributed by atoms with Crippen LogP contribution in [0.1, 0.15) is 18.9 Å². The smallest absolute Gasteiger partial charge is 0.247 e. The van der Waals surface area contributed by atoms with Gasteiger partial charge in [0.15, 0.2) is 0 Å². The highest BCUT2D eigenvalue weighted by atomic mass is 79.9. The molecule has 1 saturated heterocycles. The summed E-state index contributed by atoms with van der Waals surface area (Å²) in [4.78, 5) is 40.3. The minimum absolute atomic E-state index is 0.157. The van der Waals surface area contributed by atoms with Crippen LogP contribution in [0.15, 0.2) is 28.8 Å². The molecule has 0 radical (unpaired) electrons. The first-order chi connectivity index (χ1) is 13.3. The number of aryl methyl sites for hydroxylation is 1. The normalized spacial score (nSPS) is 35.6. The van der Waals surface area contributed by atoms with Gasteiger partial charge in [0, 0.05) is 10.2 Å². The van der Waals surface area contributed by atoms with E-state index in [4.69, 9.17) is 11.6 Å². The highest BCUT2D eigenvalue weighted by molar-refractivity contribution is 9.10. The van der Waals surface area contributed by atoms with Crippen LogP contribution in [0, 0.1) is 42.4 Å². The molecule has 0 spiro atoms. The molecule has 0 aromatic heterocycles. The molecule has 0 unspecified atom stereocenters. The van der Waals surface area contributed by atoms with E-state index in [0.717, 1.165) is 16.5 Å². The van der Waals surface area contributed by atoms with Crippen LogP contribution in [0.4, 0.5) is 5.69 Å². The topological polar surface area (TPSA) is 66.5 Å². The molecule has 7 atom stereocenters. The molecule has 1 aliphatic heterocycles. The average molecular weight is 464 g/mol. The van der Waals surface area contributed by atoms with Crippen LogP contribution in [0.5, 0.6) is 0 Å². The van der Waals surface area contributed by atoms with Gasteiger partial charge in [-0.25, -0.2) is 0 Å². The zero-order valence-electron chi connectivity index (χ0n) is 15.5. The van der Waals surface area contributed by atoms with Crippen molar-refractivity contribution in [2.24, 2.45) is 35.5 Å². The highest BCUT2D eigenvalue weighted by Gasteiger charge is 2.67. The van der Waals surface area contributed by atoms with Crippen molar-refractivity contribution < 1.29 is 14.4 Å². The molecule has 2 bridgehead atoms. The van der Waals surface area contributed by atoms with E-state index in [0.29, 0.717) is 22.5 Å². The Morgan fingerprint density at radius 3 is 2.32 bits per heavy atom. The number of carbonyl (C=O) groups excluding carboxylic acids is 3. The number of anilines is 1. The zero-order valence-corrected chi connectivity index (χ0v) is 17.8. The summed E-state index contributed by atoms with van der Waals surface area (Å²) in [6, 6.07) is 2.62. The molecule has 1 N–H and O–H groups in total. The molecule has 1 aromatic carbocycles. The Labute approximate surface area is 176 Å². The monoisotopic (exact) mass is 462 g/mol. The molecule has 3 amide bonds. The molecule has 1 aromatic rings. The molecule has 146 valence electrons. The second kappa shape index (κ2) is 6.17. The minimum atomic E-state index is -0.858. The number of hydrogen-bond acceptors (Lipinski definition) is 3. The zero-order chi connectivity index (χ0) is 19.9. The van der Waals surface area contributed by atoms with E-state index in [1.165, 1.54) is 4.90 Å². The maximum Gasteiger partial charge on any atom is 0.247 e. The van der Waals surface area contributed by atoms with E-state index >= 15 is 0 Å². The molecule has 6 rings (SSSR count). The Kier molecular flexibility index (Phi) is 4.05. The quantitative estimate of drug-likeness (QED) is 0.548. The lowest BCUT2D eigenvalue weighted by Gasteiger charge is -2.37. The van der Waals surface area contributed by atoms with Crippen molar-refractivity contribution in [3.05, 3.63) is 39.3 Å². The van der Waals surface area contributed by atoms with Gasteiger partial charge in [-0.3, -0.25) is 19.3 Å². The first-order valence-corrected chi connectivity index (χ1v) is 10.8. The number of halogens is 2. The molecule has 5 nitrogen and oxygen atoms in total. The molecule has 2 saturated carbocycles. The van der Waals surface area contributed by atoms with E-state index < -0.39 is 6.04 Å². The van der Waals surface area contributed by atoms with E-state index in [2.05, 4.69) is 33.4 Å². The van der Waals surface area contributed by atoms with Crippen molar-refractivity contribution in [1.82, 2.24) is 4.90 Å². The van der Waals surface area contributed by atoms with Crippen LogP contribution >= 0.6 is 27.5 Å². The number of amides is 3. The predicted octanol–water partition coefficient (Wildman–Crippen LogP) is 3.79. The van der Waals surface area contributed by atoms with Crippen LogP contribution < -0.4 is 5.32 Å². The maximum atomic E-state index is 13.1. The van der Waals surface area contributed by atoms with Crippen molar-refractivity contribution in [1.29, 1.82) is 0 Å². The number of benzene rings is 1. The Balaban J connectivity index is 1.38. The third kappa shape index (κ3) is 2.47. The number of imide groups is 1. The second-order valence-corrected chi connectivity index (χ2v) is 9.71. The summed E-state index contributed by atoms with van der Waals surface area (Å²) in [5, 5.41) is 3.31. The molecule has 28 heavy (non-hydrogen) atoms. The number of hydrogen-bond donors (Lipinski definition) is 1. The molecular weight excluding hydrogens is 444 g/mol. The molecule has 5 aliphatic rings. The van der Waals surface area contributed by atoms with Gasteiger partial charge >= 0.3 is 0 Å². The summed E-state index contributed by atoms with van der Waals surface area (Å²) in [7, 11) is 0. The third-order valence-electron chi connectivity index (χ3n) is 6.99. The van der Waals surface area contributed by atoms with Crippen molar-refractivity contribution >= 4 is 50.9 Å². The van der Waals surface area contributed by atoms with Gasteiger partial charge in [-0.05, 0) is 77.6 Å². The van der Waals surface area contributed by atoms with Gasteiger partial charge in [0.1, 0.15) is 6.04 Å². The lowest BCUT2D eigenvalue weighted by molar-refractivity contribution is -0.146. The van der Waals surface area contributed by atoms with E-state index in [9.17, 15) is 14.4 Å². The minimum Gasteiger partial charge on any atom is -0.324 e. The predicted molar refractivity (Wildman–Crippen MR) is 109 cm³/mol. The van der Waals surface area contributed by atoms with Crippen molar-refractivity contribution in [2.75, 3.05) is 5.32 Å². The van der Waals surface area contributed by atoms with Gasteiger partial charge in [0.25, 0.3) is 0 Å². The number of rotatable bonds is 3. The van der Waals surface area contributed by atoms with Crippen LogP contribution in [0.2, 0.25) is 5.02 Å². The largest absolute Gasteiger partial charge is 0.324 e. The number of carbonyl (C=O) groups is 3. The first kappa shape index (κ1) is 18.4. The molecule has 1 heterocycles. The van der Waals surface area contributed by atoms with E-state index in [1.54, 1.807) is 13.0 Å². The Hall–Kier alpha value is -1.66. The fraction of sp³-hybridized carbons (Fsp3) is 0.476. The molecule has 7 heteroatoms. The van der Waals surface area contributed by atoms with Crippen LogP contribution in [-0.4, -0.2) is 28.7 Å². The standard InChI is InChI=1S/C21H20BrClN2O3/c1-8-5-14(22)15(23)7-16(8)24-19(26)9(2)25-20(27)17-10-3-4-11(13-6-12(10)13)18(17)21(25)28/h3-5,7,9-13,17-18H,6H2,1-2H3,(H,24,26)/t9-,10-,11-,12-,13+,17+,18+/m0/s1. The lowest BCUT2D eigenvalue weighted by Crippen LogP contribution is -2.46. The summed E-state index contributed by atoms with van der Waals surface area (Å²) < 4.78 is 0.744. The molecule has 4 aliphatic carbocycles. The van der Waals surface area contributed by atoms with Gasteiger partial charge in [-0.2, -0.15) is 0 Å². The first-order valence-electron chi connectivity index (χ1n) is 9.61. The Morgan fingerprint density at radius 2 is 1.75 bits per heavy atom. The molecule has 3 fully saturated rings. The SMILES string of the molecule is Cc1cc(Br)c(Cl)cc1NC(=O)[C@H](C)N1C(=O)[C@@H]2[C@H]3C=C[C@@H]([C@@H]4C[C@H]34)[C@H]2C1=O. The van der Waals surface area contributed by atoms with E-state index in [1.807, 2.05) is 13.0 Å². The number of nitrogens with zero attached hydrogens (tertiary/aromatic N) is 1. The van der Waals surface area contributed by atoms with Gasteiger partial charge < -0.3 is 5.32 Å². The Morgan fingerprint density at radius 1 is 1.18 bits per heavy atom. The fourth-order valence-electron chi connectivity index (χ4n) is 5.50. The number of allylic oxidation sites excluding steroid dienone is 2. The van der Waals surface area contributed by atoms with Crippen LogP contribution in [0.25, 0.3) is 0 Å². The number of likely N-dealkylation sites (tertiary alicyclic amines) is 1. The summed E-state index contributed by atoms with van der Waals surface area (Å²) >= 11 is 9.50. The van der Waals surface area contributed by atoms with Crippen molar-refractivity contribution in [2.45, 2.75) is 26.3 Å². The van der Waals surface area contributed by atoms with Gasteiger partial charge in [0.05, 0.1) is 16.9 Å². The van der Waals surface area contributed by atoms with Gasteiger partial charge in [-0.15, -0.1) is 0 Å². The van der Waals surface area contributed by atoms with E-state index in [-0.39, 0.29) is 41.4 Å². The highest BCUT2D eigenvalue weighted by Crippen LogP contribution is 2.65. The average Bonchev–Trinajstić information content (AvgIpc) is 3.43. The Bertz CT molecular complexity index is 925. The van der Waals surface area contributed by atoms with Crippen LogP contribution in [-0.2, 0) is 14.4 Å². The fourth-order valence-corrected chi connectivity index (χ4v) is 6.12. The molecular formula is C21H20BrClN2O3. The van der Waals surface area contributed by atoms with Gasteiger partial charge in [0.2, 0.25) is 17.7 Å². The second-order valence-electron chi connectivity index (χ2n) is 8.45. The summed E-state index contributed by atoms with van der Waals surface area (Å²) in [6.07, 6.45) is 5.38. The number of nitrogens with one attached hydrogen (secondary N) is 1. The van der Waals surface area contributed by atoms with Crippen molar-refractivity contribution in [3.8, 4) is 0 Å². The maximum absolute atomic E-state index is 13.1. The van der Waals surface area contributed by atoms with Gasteiger partial charge in [-0.1, -0.05) is 23.8 Å². The summed E-state index contributed by atoms with van der Waals surface area (Å²) in [6.45, 7) is 3.48.